The molecule has 1 fully saturated rings. The lowest BCUT2D eigenvalue weighted by molar-refractivity contribution is 0.122. The molecule has 1 saturated heterocycles. The van der Waals surface area contributed by atoms with Crippen LogP contribution in [0.15, 0.2) is 5.38 Å². The Morgan fingerprint density at radius 2 is 2.05 bits per heavy atom. The molecule has 0 spiro atoms. The number of aryl methyl sites for hydroxylation is 1. The van der Waals surface area contributed by atoms with Gasteiger partial charge in [-0.05, 0) is 11.8 Å². The minimum Gasteiger partial charge on any atom is -0.378 e. The molecule has 0 unspecified atom stereocenters. The molecule has 2 aromatic heterocycles. The van der Waals surface area contributed by atoms with Crippen molar-refractivity contribution < 1.29 is 4.74 Å². The van der Waals surface area contributed by atoms with Crippen molar-refractivity contribution in [2.24, 2.45) is 5.41 Å². The largest absolute Gasteiger partial charge is 0.378 e. The minimum absolute atomic E-state index is 0.299. The molecule has 2 aliphatic heterocycles. The quantitative estimate of drug-likeness (QED) is 0.849. The maximum Gasteiger partial charge on any atom is 0.186 e. The summed E-state index contributed by atoms with van der Waals surface area (Å²) in [6, 6.07) is 0. The van der Waals surface area contributed by atoms with Crippen LogP contribution in [0.1, 0.15) is 26.1 Å². The van der Waals surface area contributed by atoms with E-state index in [9.17, 15) is 0 Å². The van der Waals surface area contributed by atoms with Crippen molar-refractivity contribution in [3.8, 4) is 11.5 Å². The van der Waals surface area contributed by atoms with Crippen LogP contribution in [0.2, 0.25) is 0 Å². The Morgan fingerprint density at radius 1 is 1.23 bits per heavy atom. The molecular weight excluding hydrogens is 298 g/mol. The molecule has 0 N–H and O–H groups in total. The van der Waals surface area contributed by atoms with E-state index in [1.165, 1.54) is 6.42 Å². The van der Waals surface area contributed by atoms with Crippen molar-refractivity contribution in [1.82, 2.24) is 19.7 Å². The van der Waals surface area contributed by atoms with E-state index < -0.39 is 0 Å². The number of ether oxygens (including phenoxy) is 1. The van der Waals surface area contributed by atoms with E-state index in [1.54, 1.807) is 11.3 Å². The third-order valence-corrected chi connectivity index (χ3v) is 5.34. The summed E-state index contributed by atoms with van der Waals surface area (Å²) in [4.78, 5) is 7.08. The van der Waals surface area contributed by atoms with Crippen molar-refractivity contribution >= 4 is 16.5 Å². The summed E-state index contributed by atoms with van der Waals surface area (Å²) in [6.45, 7) is 8.97. The maximum atomic E-state index is 5.41. The van der Waals surface area contributed by atoms with Crippen molar-refractivity contribution in [3.05, 3.63) is 11.2 Å². The van der Waals surface area contributed by atoms with Gasteiger partial charge >= 0.3 is 0 Å². The highest BCUT2D eigenvalue weighted by molar-refractivity contribution is 7.14. The molecule has 4 heterocycles. The summed E-state index contributed by atoms with van der Waals surface area (Å²) in [7, 11) is 0. The topological polar surface area (TPSA) is 56.1 Å². The first-order chi connectivity index (χ1) is 10.6. The van der Waals surface area contributed by atoms with Gasteiger partial charge in [-0.15, -0.1) is 21.5 Å². The van der Waals surface area contributed by atoms with Gasteiger partial charge in [-0.2, -0.15) is 0 Å². The monoisotopic (exact) mass is 319 g/mol. The van der Waals surface area contributed by atoms with Gasteiger partial charge in [0.25, 0.3) is 0 Å². The molecule has 0 amide bonds. The fraction of sp³-hybridized carbons (Fsp3) is 0.667. The fourth-order valence-corrected chi connectivity index (χ4v) is 3.96. The Hall–Kier alpha value is -1.47. The second-order valence-electron chi connectivity index (χ2n) is 6.80. The molecule has 2 aromatic rings. The molecule has 0 aliphatic carbocycles. The summed E-state index contributed by atoms with van der Waals surface area (Å²) in [5, 5.41) is 11.9. The normalized spacial score (nSPS) is 20.9. The molecule has 0 bridgehead atoms. The number of rotatable bonds is 2. The zero-order chi connectivity index (χ0) is 15.2. The van der Waals surface area contributed by atoms with Gasteiger partial charge in [0.2, 0.25) is 0 Å². The molecule has 4 rings (SSSR count). The summed E-state index contributed by atoms with van der Waals surface area (Å²) in [5.41, 5.74) is 1.25. The number of aromatic nitrogens is 4. The van der Waals surface area contributed by atoms with E-state index in [0.717, 1.165) is 61.7 Å². The van der Waals surface area contributed by atoms with E-state index in [0.29, 0.717) is 5.41 Å². The van der Waals surface area contributed by atoms with E-state index in [2.05, 4.69) is 38.9 Å². The first kappa shape index (κ1) is 14.1. The summed E-state index contributed by atoms with van der Waals surface area (Å²) < 4.78 is 7.66. The van der Waals surface area contributed by atoms with Crippen molar-refractivity contribution in [1.29, 1.82) is 0 Å². The van der Waals surface area contributed by atoms with Crippen LogP contribution >= 0.6 is 11.3 Å². The summed E-state index contributed by atoms with van der Waals surface area (Å²) in [6.07, 6.45) is 2.17. The average molecular weight is 319 g/mol. The van der Waals surface area contributed by atoms with Crippen LogP contribution in [0.3, 0.4) is 0 Å². The van der Waals surface area contributed by atoms with Gasteiger partial charge in [-0.3, -0.25) is 0 Å². The Labute approximate surface area is 134 Å². The van der Waals surface area contributed by atoms with Gasteiger partial charge in [0.15, 0.2) is 11.0 Å². The predicted molar refractivity (Wildman–Crippen MR) is 86.3 cm³/mol. The summed E-state index contributed by atoms with van der Waals surface area (Å²) >= 11 is 1.68. The van der Waals surface area contributed by atoms with Crippen LogP contribution in [-0.4, -0.2) is 46.1 Å². The third kappa shape index (κ3) is 2.52. The Morgan fingerprint density at radius 3 is 2.86 bits per heavy atom. The first-order valence-electron chi connectivity index (χ1n) is 7.83. The van der Waals surface area contributed by atoms with Crippen molar-refractivity contribution in [2.75, 3.05) is 31.2 Å². The number of anilines is 1. The number of thiazole rings is 1. The number of hydrogen-bond donors (Lipinski definition) is 0. The lowest BCUT2D eigenvalue weighted by atomic mass is 9.85. The number of hydrogen-bond acceptors (Lipinski definition) is 6. The molecule has 6 nitrogen and oxygen atoms in total. The van der Waals surface area contributed by atoms with Gasteiger partial charge in [0.05, 0.1) is 13.2 Å². The van der Waals surface area contributed by atoms with Crippen LogP contribution in [0.5, 0.6) is 0 Å². The lowest BCUT2D eigenvalue weighted by Gasteiger charge is -2.30. The zero-order valence-electron chi connectivity index (χ0n) is 13.1. The second kappa shape index (κ2) is 5.31. The van der Waals surface area contributed by atoms with Crippen molar-refractivity contribution in [3.63, 3.8) is 0 Å². The van der Waals surface area contributed by atoms with Gasteiger partial charge in [-0.1, -0.05) is 13.8 Å². The molecule has 2 aliphatic rings. The highest BCUT2D eigenvalue weighted by Gasteiger charge is 2.29. The van der Waals surface area contributed by atoms with Crippen LogP contribution in [0, 0.1) is 5.41 Å². The standard InChI is InChI=1S/C15H21N5OS/c1-15(2)4-3-12-17-18-13(20(12)10-15)11-9-22-14(16-11)19-5-7-21-8-6-19/h9H,3-8,10H2,1-2H3. The van der Waals surface area contributed by atoms with Gasteiger partial charge < -0.3 is 14.2 Å². The predicted octanol–water partition coefficient (Wildman–Crippen LogP) is 2.21. The van der Waals surface area contributed by atoms with Crippen molar-refractivity contribution in [2.45, 2.75) is 33.2 Å². The first-order valence-corrected chi connectivity index (χ1v) is 8.71. The van der Waals surface area contributed by atoms with Crippen LogP contribution in [0.25, 0.3) is 11.5 Å². The highest BCUT2D eigenvalue weighted by atomic mass is 32.1. The van der Waals surface area contributed by atoms with E-state index in [4.69, 9.17) is 9.72 Å². The fourth-order valence-electron chi connectivity index (χ4n) is 3.10. The molecule has 0 radical (unpaired) electrons. The van der Waals surface area contributed by atoms with Crippen LogP contribution in [0.4, 0.5) is 5.13 Å². The maximum absolute atomic E-state index is 5.41. The summed E-state index contributed by atoms with van der Waals surface area (Å²) in [5.74, 6) is 2.01. The molecule has 22 heavy (non-hydrogen) atoms. The molecular formula is C15H21N5OS. The molecule has 0 aromatic carbocycles. The van der Waals surface area contributed by atoms with E-state index in [1.807, 2.05) is 0 Å². The Kier molecular flexibility index (Phi) is 3.41. The number of morpholine rings is 1. The smallest absolute Gasteiger partial charge is 0.186 e. The molecule has 7 heteroatoms. The van der Waals surface area contributed by atoms with Crippen LogP contribution in [-0.2, 0) is 17.7 Å². The second-order valence-corrected chi connectivity index (χ2v) is 7.64. The minimum atomic E-state index is 0.299. The van der Waals surface area contributed by atoms with Gasteiger partial charge in [0, 0.05) is 31.4 Å². The molecule has 0 saturated carbocycles. The number of nitrogens with zero attached hydrogens (tertiary/aromatic N) is 5. The number of fused-ring (bicyclic) bond motifs is 1. The Bertz CT molecular complexity index is 671. The van der Waals surface area contributed by atoms with E-state index in [-0.39, 0.29) is 0 Å². The van der Waals surface area contributed by atoms with Gasteiger partial charge in [-0.25, -0.2) is 4.98 Å². The molecule has 118 valence electrons. The SMILES string of the molecule is CC1(C)CCc2nnc(-c3csc(N4CCOCC4)n3)n2C1. The molecule has 0 atom stereocenters. The Balaban J connectivity index is 1.63. The highest BCUT2D eigenvalue weighted by Crippen LogP contribution is 2.34. The average Bonchev–Trinajstić information content (AvgIpc) is 3.13. The third-order valence-electron chi connectivity index (χ3n) is 4.44. The van der Waals surface area contributed by atoms with Crippen LogP contribution < -0.4 is 4.90 Å². The zero-order valence-corrected chi connectivity index (χ0v) is 13.9. The van der Waals surface area contributed by atoms with Gasteiger partial charge in [0.1, 0.15) is 11.5 Å². The lowest BCUT2D eigenvalue weighted by Crippen LogP contribution is -2.36. The van der Waals surface area contributed by atoms with E-state index >= 15 is 0 Å².